The standard InChI is InChI=1S/C17H19N5O2/c1-2-4-13(5-3-1)18-9-12-6-11-7-15-16(24-10-23-15)8-14(11)22-17(12)19-20-21-22/h6-8,13,18H,1-5,9-10H2. The van der Waals surface area contributed by atoms with Crippen molar-refractivity contribution >= 4 is 16.6 Å². The van der Waals surface area contributed by atoms with E-state index in [0.29, 0.717) is 6.04 Å². The van der Waals surface area contributed by atoms with Crippen molar-refractivity contribution in [3.63, 3.8) is 0 Å². The van der Waals surface area contributed by atoms with Crippen molar-refractivity contribution < 1.29 is 9.47 Å². The van der Waals surface area contributed by atoms with Gasteiger partial charge in [-0.05, 0) is 35.4 Å². The molecule has 7 nitrogen and oxygen atoms in total. The number of tetrazole rings is 1. The first-order chi connectivity index (χ1) is 11.9. The van der Waals surface area contributed by atoms with E-state index >= 15 is 0 Å². The summed E-state index contributed by atoms with van der Waals surface area (Å²) in [4.78, 5) is 0. The maximum atomic E-state index is 5.50. The van der Waals surface area contributed by atoms with Crippen LogP contribution in [0, 0.1) is 0 Å². The lowest BCUT2D eigenvalue weighted by atomic mass is 9.95. The smallest absolute Gasteiger partial charge is 0.231 e. The largest absolute Gasteiger partial charge is 0.454 e. The van der Waals surface area contributed by atoms with Gasteiger partial charge < -0.3 is 14.8 Å². The van der Waals surface area contributed by atoms with Crippen molar-refractivity contribution in [2.45, 2.75) is 44.7 Å². The first-order valence-corrected chi connectivity index (χ1v) is 8.55. The molecule has 1 saturated carbocycles. The molecule has 1 fully saturated rings. The molecule has 1 aliphatic heterocycles. The van der Waals surface area contributed by atoms with Gasteiger partial charge in [-0.25, -0.2) is 0 Å². The zero-order chi connectivity index (χ0) is 15.9. The van der Waals surface area contributed by atoms with Crippen molar-refractivity contribution in [3.05, 3.63) is 23.8 Å². The Morgan fingerprint density at radius 1 is 1.08 bits per heavy atom. The van der Waals surface area contributed by atoms with Gasteiger partial charge in [0.25, 0.3) is 0 Å². The van der Waals surface area contributed by atoms with Gasteiger partial charge in [0.15, 0.2) is 17.1 Å². The van der Waals surface area contributed by atoms with Crippen molar-refractivity contribution in [1.82, 2.24) is 25.4 Å². The topological polar surface area (TPSA) is 73.6 Å². The van der Waals surface area contributed by atoms with E-state index in [0.717, 1.165) is 40.2 Å². The Hall–Kier alpha value is -2.41. The minimum atomic E-state index is 0.264. The van der Waals surface area contributed by atoms with Crippen LogP contribution in [0.25, 0.3) is 16.6 Å². The number of nitrogens with one attached hydrogen (secondary N) is 1. The number of rotatable bonds is 3. The average molecular weight is 325 g/mol. The number of hydrogen-bond acceptors (Lipinski definition) is 6. The molecule has 5 rings (SSSR count). The second-order valence-corrected chi connectivity index (χ2v) is 6.56. The third-order valence-electron chi connectivity index (χ3n) is 5.02. The number of hydrogen-bond donors (Lipinski definition) is 1. The van der Waals surface area contributed by atoms with Crippen LogP contribution in [0.4, 0.5) is 0 Å². The highest BCUT2D eigenvalue weighted by atomic mass is 16.7. The van der Waals surface area contributed by atoms with E-state index in [1.807, 2.05) is 12.1 Å². The van der Waals surface area contributed by atoms with Gasteiger partial charge >= 0.3 is 0 Å². The second kappa shape index (κ2) is 5.59. The van der Waals surface area contributed by atoms with Crippen molar-refractivity contribution in [3.8, 4) is 11.5 Å². The van der Waals surface area contributed by atoms with Gasteiger partial charge in [-0.2, -0.15) is 4.52 Å². The fourth-order valence-corrected chi connectivity index (χ4v) is 3.74. The fraction of sp³-hybridized carbons (Fsp3) is 0.471. The molecule has 0 unspecified atom stereocenters. The summed E-state index contributed by atoms with van der Waals surface area (Å²) >= 11 is 0. The summed E-state index contributed by atoms with van der Waals surface area (Å²) in [5.41, 5.74) is 2.84. The molecule has 24 heavy (non-hydrogen) atoms. The van der Waals surface area contributed by atoms with Crippen molar-refractivity contribution in [2.75, 3.05) is 6.79 Å². The number of aromatic nitrogens is 4. The minimum Gasteiger partial charge on any atom is -0.454 e. The zero-order valence-corrected chi connectivity index (χ0v) is 13.4. The average Bonchev–Trinajstić information content (AvgIpc) is 3.27. The predicted molar refractivity (Wildman–Crippen MR) is 88.1 cm³/mol. The van der Waals surface area contributed by atoms with E-state index < -0.39 is 0 Å². The van der Waals surface area contributed by atoms with Gasteiger partial charge in [-0.15, -0.1) is 5.10 Å². The fourth-order valence-electron chi connectivity index (χ4n) is 3.74. The van der Waals surface area contributed by atoms with Gasteiger partial charge in [-0.3, -0.25) is 0 Å². The molecular formula is C17H19N5O2. The van der Waals surface area contributed by atoms with E-state index in [1.165, 1.54) is 32.1 Å². The van der Waals surface area contributed by atoms with Crippen LogP contribution in [0.3, 0.4) is 0 Å². The molecule has 3 aromatic rings. The molecule has 0 spiro atoms. The Kier molecular flexibility index (Phi) is 3.26. The van der Waals surface area contributed by atoms with Crippen LogP contribution in [0.5, 0.6) is 11.5 Å². The normalized spacial score (nSPS) is 17.8. The monoisotopic (exact) mass is 325 g/mol. The Labute approximate surface area is 138 Å². The van der Waals surface area contributed by atoms with Gasteiger partial charge in [-0.1, -0.05) is 19.3 Å². The minimum absolute atomic E-state index is 0.264. The van der Waals surface area contributed by atoms with E-state index in [4.69, 9.17) is 9.47 Å². The van der Waals surface area contributed by atoms with Crippen LogP contribution >= 0.6 is 0 Å². The maximum absolute atomic E-state index is 5.50. The number of fused-ring (bicyclic) bond motifs is 4. The molecule has 2 aliphatic rings. The molecule has 1 aliphatic carbocycles. The molecule has 7 heteroatoms. The van der Waals surface area contributed by atoms with Gasteiger partial charge in [0.05, 0.1) is 5.52 Å². The van der Waals surface area contributed by atoms with Crippen LogP contribution in [0.2, 0.25) is 0 Å². The molecular weight excluding hydrogens is 306 g/mol. The molecule has 0 saturated heterocycles. The summed E-state index contributed by atoms with van der Waals surface area (Å²) in [6.45, 7) is 1.04. The highest BCUT2D eigenvalue weighted by Crippen LogP contribution is 2.36. The van der Waals surface area contributed by atoms with E-state index in [-0.39, 0.29) is 6.79 Å². The molecule has 3 heterocycles. The number of nitrogens with zero attached hydrogens (tertiary/aromatic N) is 4. The van der Waals surface area contributed by atoms with Crippen LogP contribution in [-0.4, -0.2) is 32.9 Å². The third-order valence-corrected chi connectivity index (χ3v) is 5.02. The number of pyridine rings is 1. The van der Waals surface area contributed by atoms with Crippen LogP contribution in [-0.2, 0) is 6.54 Å². The number of ether oxygens (including phenoxy) is 2. The van der Waals surface area contributed by atoms with Crippen LogP contribution in [0.1, 0.15) is 37.7 Å². The number of benzene rings is 1. The summed E-state index contributed by atoms with van der Waals surface area (Å²) in [5, 5.41) is 17.0. The van der Waals surface area contributed by atoms with E-state index in [1.54, 1.807) is 4.52 Å². The van der Waals surface area contributed by atoms with Crippen LogP contribution in [0.15, 0.2) is 18.2 Å². The molecule has 0 atom stereocenters. The Bertz CT molecular complexity index is 901. The summed E-state index contributed by atoms with van der Waals surface area (Å²) in [7, 11) is 0. The summed E-state index contributed by atoms with van der Waals surface area (Å²) in [6, 6.07) is 6.70. The lowest BCUT2D eigenvalue weighted by Gasteiger charge is -2.23. The van der Waals surface area contributed by atoms with Crippen molar-refractivity contribution in [1.29, 1.82) is 0 Å². The first kappa shape index (κ1) is 14.0. The van der Waals surface area contributed by atoms with Gasteiger partial charge in [0.1, 0.15) is 0 Å². The maximum Gasteiger partial charge on any atom is 0.231 e. The molecule has 0 amide bonds. The Morgan fingerprint density at radius 2 is 1.92 bits per heavy atom. The van der Waals surface area contributed by atoms with Crippen LogP contribution < -0.4 is 14.8 Å². The molecule has 124 valence electrons. The lowest BCUT2D eigenvalue weighted by molar-refractivity contribution is 0.174. The highest BCUT2D eigenvalue weighted by molar-refractivity contribution is 5.86. The SMILES string of the molecule is c1c2c(cc3c1cc(CNC1CCCCC1)c1nnnn13)OCO2. The molecule has 0 bridgehead atoms. The summed E-state index contributed by atoms with van der Waals surface area (Å²) in [5.74, 6) is 1.52. The Morgan fingerprint density at radius 3 is 2.79 bits per heavy atom. The van der Waals surface area contributed by atoms with E-state index in [2.05, 4.69) is 26.9 Å². The molecule has 0 radical (unpaired) electrons. The second-order valence-electron chi connectivity index (χ2n) is 6.56. The first-order valence-electron chi connectivity index (χ1n) is 8.55. The highest BCUT2D eigenvalue weighted by Gasteiger charge is 2.19. The predicted octanol–water partition coefficient (Wildman–Crippen LogP) is 2.43. The van der Waals surface area contributed by atoms with Gasteiger partial charge in [0.2, 0.25) is 6.79 Å². The van der Waals surface area contributed by atoms with Crippen molar-refractivity contribution in [2.24, 2.45) is 0 Å². The Balaban J connectivity index is 1.54. The lowest BCUT2D eigenvalue weighted by Crippen LogP contribution is -2.30. The third kappa shape index (κ3) is 2.27. The quantitative estimate of drug-likeness (QED) is 0.797. The summed E-state index contributed by atoms with van der Waals surface area (Å²) in [6.07, 6.45) is 6.52. The van der Waals surface area contributed by atoms with Gasteiger partial charge in [0, 0.05) is 29.6 Å². The molecule has 1 aromatic carbocycles. The molecule has 1 N–H and O–H groups in total. The van der Waals surface area contributed by atoms with E-state index in [9.17, 15) is 0 Å². The summed E-state index contributed by atoms with van der Waals surface area (Å²) < 4.78 is 12.8. The zero-order valence-electron chi connectivity index (χ0n) is 13.4. The molecule has 2 aromatic heterocycles.